The fourth-order valence-corrected chi connectivity index (χ4v) is 1.53. The van der Waals surface area contributed by atoms with Crippen LogP contribution in [0.15, 0.2) is 10.7 Å². The normalized spacial score (nSPS) is 16.9. The molecule has 1 saturated heterocycles. The van der Waals surface area contributed by atoms with E-state index in [4.69, 9.17) is 9.63 Å². The number of aromatic nitrogens is 1. The van der Waals surface area contributed by atoms with Crippen molar-refractivity contribution in [3.63, 3.8) is 0 Å². The Kier molecular flexibility index (Phi) is 2.25. The van der Waals surface area contributed by atoms with Gasteiger partial charge in [0, 0.05) is 25.6 Å². The van der Waals surface area contributed by atoms with Crippen molar-refractivity contribution in [2.45, 2.75) is 6.92 Å². The number of rotatable bonds is 2. The van der Waals surface area contributed by atoms with Crippen LogP contribution in [0, 0.1) is 12.8 Å². The molecule has 0 atom stereocenters. The summed E-state index contributed by atoms with van der Waals surface area (Å²) in [5, 5.41) is 12.4. The number of aliphatic hydroxyl groups excluding tert-OH is 1. The van der Waals surface area contributed by atoms with Crippen molar-refractivity contribution >= 4 is 5.91 Å². The van der Waals surface area contributed by atoms with Crippen LogP contribution < -0.4 is 0 Å². The summed E-state index contributed by atoms with van der Waals surface area (Å²) in [7, 11) is 0. The third kappa shape index (κ3) is 1.39. The Balaban J connectivity index is 2.01. The molecule has 1 amide bonds. The molecule has 0 bridgehead atoms. The lowest BCUT2D eigenvalue weighted by molar-refractivity contribution is 0.0360. The summed E-state index contributed by atoms with van der Waals surface area (Å²) in [6.07, 6.45) is 1.43. The lowest BCUT2D eigenvalue weighted by Gasteiger charge is -2.37. The van der Waals surface area contributed by atoms with Crippen LogP contribution in [0.4, 0.5) is 0 Å². The Morgan fingerprint density at radius 1 is 1.79 bits per heavy atom. The maximum absolute atomic E-state index is 11.7. The second-order valence-electron chi connectivity index (χ2n) is 3.55. The Morgan fingerprint density at radius 3 is 3.00 bits per heavy atom. The topological polar surface area (TPSA) is 66.6 Å². The van der Waals surface area contributed by atoms with Gasteiger partial charge in [0.2, 0.25) is 0 Å². The highest BCUT2D eigenvalue weighted by Gasteiger charge is 2.31. The summed E-state index contributed by atoms with van der Waals surface area (Å²) >= 11 is 0. The van der Waals surface area contributed by atoms with Crippen LogP contribution in [0.3, 0.4) is 0 Å². The van der Waals surface area contributed by atoms with E-state index >= 15 is 0 Å². The summed E-state index contributed by atoms with van der Waals surface area (Å²) in [5.41, 5.74) is 0.515. The molecule has 1 aliphatic heterocycles. The first-order valence-corrected chi connectivity index (χ1v) is 4.53. The zero-order chi connectivity index (χ0) is 10.1. The number of hydrogen-bond donors (Lipinski definition) is 1. The molecule has 1 aliphatic rings. The molecule has 0 saturated carbocycles. The van der Waals surface area contributed by atoms with Crippen LogP contribution in [0.5, 0.6) is 0 Å². The van der Waals surface area contributed by atoms with Gasteiger partial charge in [-0.2, -0.15) is 0 Å². The molecule has 1 aromatic rings. The maximum atomic E-state index is 11.7. The van der Waals surface area contributed by atoms with Gasteiger partial charge in [-0.1, -0.05) is 5.16 Å². The van der Waals surface area contributed by atoms with E-state index in [9.17, 15) is 4.79 Å². The number of aryl methyl sites for hydroxylation is 1. The molecule has 14 heavy (non-hydrogen) atoms. The summed E-state index contributed by atoms with van der Waals surface area (Å²) in [4.78, 5) is 13.4. The first-order chi connectivity index (χ1) is 6.72. The monoisotopic (exact) mass is 196 g/mol. The van der Waals surface area contributed by atoms with E-state index < -0.39 is 0 Å². The molecule has 1 N–H and O–H groups in total. The van der Waals surface area contributed by atoms with E-state index in [1.165, 1.54) is 6.20 Å². The first-order valence-electron chi connectivity index (χ1n) is 4.53. The predicted molar refractivity (Wildman–Crippen MR) is 47.7 cm³/mol. The van der Waals surface area contributed by atoms with Crippen molar-refractivity contribution in [1.29, 1.82) is 0 Å². The third-order valence-corrected chi connectivity index (χ3v) is 2.48. The van der Waals surface area contributed by atoms with E-state index in [2.05, 4.69) is 5.16 Å². The van der Waals surface area contributed by atoms with Crippen LogP contribution in [0.1, 0.15) is 16.1 Å². The molecular formula is C9H12N2O3. The number of nitrogens with zero attached hydrogens (tertiary/aromatic N) is 2. The molecule has 1 aromatic heterocycles. The fraction of sp³-hybridized carbons (Fsp3) is 0.556. The standard InChI is InChI=1S/C9H12N2O3/c1-6-8(2-10-14-6)9(13)11-3-7(4-11)5-12/h2,7,12H,3-5H2,1H3. The average Bonchev–Trinajstić information content (AvgIpc) is 2.49. The van der Waals surface area contributed by atoms with Gasteiger partial charge in [0.15, 0.2) is 0 Å². The van der Waals surface area contributed by atoms with Gasteiger partial charge in [-0.15, -0.1) is 0 Å². The molecule has 0 aliphatic carbocycles. The molecular weight excluding hydrogens is 184 g/mol. The van der Waals surface area contributed by atoms with Crippen LogP contribution in [0.25, 0.3) is 0 Å². The zero-order valence-corrected chi connectivity index (χ0v) is 7.93. The maximum Gasteiger partial charge on any atom is 0.259 e. The van der Waals surface area contributed by atoms with Gasteiger partial charge < -0.3 is 14.5 Å². The minimum Gasteiger partial charge on any atom is -0.396 e. The largest absolute Gasteiger partial charge is 0.396 e. The predicted octanol–water partition coefficient (Wildman–Crippen LogP) is 0.0473. The molecule has 0 aromatic carbocycles. The van der Waals surface area contributed by atoms with Gasteiger partial charge in [0.25, 0.3) is 5.91 Å². The van der Waals surface area contributed by atoms with Crippen LogP contribution in [-0.4, -0.2) is 40.8 Å². The lowest BCUT2D eigenvalue weighted by atomic mass is 10.0. The van der Waals surface area contributed by atoms with Crippen LogP contribution in [-0.2, 0) is 0 Å². The summed E-state index contributed by atoms with van der Waals surface area (Å²) in [6, 6.07) is 0. The summed E-state index contributed by atoms with van der Waals surface area (Å²) in [6.45, 7) is 3.11. The number of likely N-dealkylation sites (tertiary alicyclic amines) is 1. The molecule has 1 fully saturated rings. The zero-order valence-electron chi connectivity index (χ0n) is 7.93. The van der Waals surface area contributed by atoms with Crippen LogP contribution in [0.2, 0.25) is 0 Å². The minimum absolute atomic E-state index is 0.0616. The highest BCUT2D eigenvalue weighted by atomic mass is 16.5. The number of carbonyl (C=O) groups excluding carboxylic acids is 1. The van der Waals surface area contributed by atoms with Gasteiger partial charge in [0.1, 0.15) is 11.3 Å². The SMILES string of the molecule is Cc1oncc1C(=O)N1CC(CO)C1. The molecule has 0 unspecified atom stereocenters. The fourth-order valence-electron chi connectivity index (χ4n) is 1.53. The Hall–Kier alpha value is -1.36. The van der Waals surface area contributed by atoms with E-state index in [1.807, 2.05) is 0 Å². The molecule has 5 nitrogen and oxygen atoms in total. The van der Waals surface area contributed by atoms with Gasteiger partial charge in [-0.3, -0.25) is 4.79 Å². The summed E-state index contributed by atoms with van der Waals surface area (Å²) in [5.74, 6) is 0.718. The molecule has 76 valence electrons. The number of carbonyl (C=O) groups is 1. The quantitative estimate of drug-likeness (QED) is 0.725. The Morgan fingerprint density at radius 2 is 2.50 bits per heavy atom. The second-order valence-corrected chi connectivity index (χ2v) is 3.55. The smallest absolute Gasteiger partial charge is 0.259 e. The van der Waals surface area contributed by atoms with Gasteiger partial charge in [-0.25, -0.2) is 0 Å². The van der Waals surface area contributed by atoms with Crippen molar-refractivity contribution in [2.24, 2.45) is 5.92 Å². The van der Waals surface area contributed by atoms with E-state index in [0.717, 1.165) is 0 Å². The van der Waals surface area contributed by atoms with E-state index in [-0.39, 0.29) is 18.4 Å². The van der Waals surface area contributed by atoms with Gasteiger partial charge >= 0.3 is 0 Å². The molecule has 2 rings (SSSR count). The molecule has 0 radical (unpaired) electrons. The minimum atomic E-state index is -0.0616. The van der Waals surface area contributed by atoms with E-state index in [1.54, 1.807) is 11.8 Å². The highest BCUT2D eigenvalue weighted by Crippen LogP contribution is 2.19. The number of hydrogen-bond acceptors (Lipinski definition) is 4. The summed E-state index contributed by atoms with van der Waals surface area (Å²) < 4.78 is 4.81. The van der Waals surface area contributed by atoms with Gasteiger partial charge in [0.05, 0.1) is 6.20 Å². The first kappa shape index (κ1) is 9.21. The average molecular weight is 196 g/mol. The molecule has 0 spiro atoms. The molecule has 2 heterocycles. The molecule has 5 heteroatoms. The van der Waals surface area contributed by atoms with Crippen molar-refractivity contribution in [3.8, 4) is 0 Å². The Labute approximate surface area is 81.3 Å². The van der Waals surface area contributed by atoms with Crippen molar-refractivity contribution in [3.05, 3.63) is 17.5 Å². The van der Waals surface area contributed by atoms with Crippen molar-refractivity contribution in [2.75, 3.05) is 19.7 Å². The number of aliphatic hydroxyl groups is 1. The van der Waals surface area contributed by atoms with Crippen LogP contribution >= 0.6 is 0 Å². The second kappa shape index (κ2) is 3.42. The van der Waals surface area contributed by atoms with Crippen molar-refractivity contribution in [1.82, 2.24) is 10.1 Å². The Bertz CT molecular complexity index is 342. The third-order valence-electron chi connectivity index (χ3n) is 2.48. The lowest BCUT2D eigenvalue weighted by Crippen LogP contribution is -2.51. The van der Waals surface area contributed by atoms with Gasteiger partial charge in [-0.05, 0) is 6.92 Å². The highest BCUT2D eigenvalue weighted by molar-refractivity contribution is 5.95. The number of amides is 1. The van der Waals surface area contributed by atoms with E-state index in [0.29, 0.717) is 24.4 Å². The van der Waals surface area contributed by atoms with Crippen molar-refractivity contribution < 1.29 is 14.4 Å².